The van der Waals surface area contributed by atoms with Crippen LogP contribution in [-0.4, -0.2) is 16.7 Å². The van der Waals surface area contributed by atoms with Crippen LogP contribution in [0.25, 0.3) is 0 Å². The zero-order valence-corrected chi connectivity index (χ0v) is 12.6. The second kappa shape index (κ2) is 6.27. The van der Waals surface area contributed by atoms with E-state index in [1.807, 2.05) is 0 Å². The van der Waals surface area contributed by atoms with Crippen LogP contribution >= 0.6 is 0 Å². The van der Waals surface area contributed by atoms with E-state index in [1.54, 1.807) is 24.3 Å². The maximum atomic E-state index is 12.6. The number of amides is 2. The van der Waals surface area contributed by atoms with Crippen molar-refractivity contribution in [1.29, 1.82) is 0 Å². The molecule has 0 aliphatic heterocycles. The number of imide groups is 1. The van der Waals surface area contributed by atoms with Gasteiger partial charge in [0.2, 0.25) is 5.91 Å². The Bertz CT molecular complexity index is 784. The topological polar surface area (TPSA) is 107 Å². The van der Waals surface area contributed by atoms with Crippen molar-refractivity contribution in [2.24, 2.45) is 0 Å². The van der Waals surface area contributed by atoms with Crippen LogP contribution in [-0.2, 0) is 4.79 Å². The summed E-state index contributed by atoms with van der Waals surface area (Å²) < 4.78 is 0. The lowest BCUT2D eigenvalue weighted by atomic mass is 10.1. The monoisotopic (exact) mass is 313 g/mol. The second-order valence-corrected chi connectivity index (χ2v) is 5.01. The first-order chi connectivity index (χ1) is 10.8. The van der Waals surface area contributed by atoms with Gasteiger partial charge in [0.05, 0.1) is 10.6 Å². The molecule has 7 nitrogen and oxygen atoms in total. The number of nitro benzene ring substituents is 1. The molecule has 0 radical (unpaired) electrons. The number of nitrogens with zero attached hydrogens (tertiary/aromatic N) is 2. The van der Waals surface area contributed by atoms with E-state index in [-0.39, 0.29) is 11.3 Å². The molecule has 2 N–H and O–H groups in total. The fourth-order valence-corrected chi connectivity index (χ4v) is 2.19. The van der Waals surface area contributed by atoms with Crippen LogP contribution in [0.4, 0.5) is 17.1 Å². The summed E-state index contributed by atoms with van der Waals surface area (Å²) in [5, 5.41) is 10.8. The highest BCUT2D eigenvalue weighted by Crippen LogP contribution is 2.23. The molecular formula is C16H15N3O4. The summed E-state index contributed by atoms with van der Waals surface area (Å²) in [5.74, 6) is -1.02. The number of hydrogen-bond donors (Lipinski definition) is 1. The van der Waals surface area contributed by atoms with Gasteiger partial charge in [-0.15, -0.1) is 0 Å². The number of rotatable bonds is 3. The smallest absolute Gasteiger partial charge is 0.272 e. The molecule has 0 unspecified atom stereocenters. The molecule has 0 fully saturated rings. The molecule has 0 aliphatic carbocycles. The molecule has 0 atom stereocenters. The quantitative estimate of drug-likeness (QED) is 0.532. The summed E-state index contributed by atoms with van der Waals surface area (Å²) in [4.78, 5) is 35.8. The first-order valence-corrected chi connectivity index (χ1v) is 6.77. The number of nitrogens with two attached hydrogens (primary N) is 1. The molecule has 0 heterocycles. The van der Waals surface area contributed by atoms with Crippen LogP contribution < -0.4 is 10.6 Å². The minimum atomic E-state index is -0.555. The van der Waals surface area contributed by atoms with E-state index in [0.29, 0.717) is 16.9 Å². The lowest BCUT2D eigenvalue weighted by Crippen LogP contribution is -2.35. The lowest BCUT2D eigenvalue weighted by Gasteiger charge is -2.19. The van der Waals surface area contributed by atoms with Gasteiger partial charge >= 0.3 is 0 Å². The van der Waals surface area contributed by atoms with Gasteiger partial charge in [-0.1, -0.05) is 0 Å². The van der Waals surface area contributed by atoms with E-state index >= 15 is 0 Å². The highest BCUT2D eigenvalue weighted by atomic mass is 16.6. The van der Waals surface area contributed by atoms with Crippen LogP contribution in [0.15, 0.2) is 42.5 Å². The van der Waals surface area contributed by atoms with Crippen molar-refractivity contribution in [2.75, 3.05) is 10.6 Å². The van der Waals surface area contributed by atoms with Gasteiger partial charge in [0.15, 0.2) is 0 Å². The van der Waals surface area contributed by atoms with Crippen LogP contribution in [0.1, 0.15) is 22.8 Å². The Morgan fingerprint density at radius 3 is 2.22 bits per heavy atom. The van der Waals surface area contributed by atoms with Crippen molar-refractivity contribution < 1.29 is 14.5 Å². The van der Waals surface area contributed by atoms with E-state index in [0.717, 1.165) is 4.90 Å². The van der Waals surface area contributed by atoms with E-state index in [1.165, 1.54) is 32.0 Å². The number of benzene rings is 2. The first kappa shape index (κ1) is 16.2. The molecule has 118 valence electrons. The molecule has 0 saturated carbocycles. The Morgan fingerprint density at radius 1 is 1.13 bits per heavy atom. The van der Waals surface area contributed by atoms with Crippen molar-refractivity contribution in [1.82, 2.24) is 0 Å². The zero-order valence-electron chi connectivity index (χ0n) is 12.6. The second-order valence-electron chi connectivity index (χ2n) is 5.01. The molecular weight excluding hydrogens is 298 g/mol. The van der Waals surface area contributed by atoms with Crippen molar-refractivity contribution in [2.45, 2.75) is 13.8 Å². The van der Waals surface area contributed by atoms with Crippen molar-refractivity contribution in [3.05, 3.63) is 63.7 Å². The first-order valence-electron chi connectivity index (χ1n) is 6.77. The third-order valence-electron chi connectivity index (χ3n) is 3.31. The normalized spacial score (nSPS) is 10.2. The summed E-state index contributed by atoms with van der Waals surface area (Å²) in [5.41, 5.74) is 6.96. The van der Waals surface area contributed by atoms with Gasteiger partial charge in [0.25, 0.3) is 11.6 Å². The molecule has 2 aromatic carbocycles. The number of carbonyl (C=O) groups excluding carboxylic acids is 2. The summed E-state index contributed by atoms with van der Waals surface area (Å²) in [7, 11) is 0. The lowest BCUT2D eigenvalue weighted by molar-refractivity contribution is -0.385. The zero-order chi connectivity index (χ0) is 17.1. The Labute approximate surface area is 132 Å². The molecule has 2 aromatic rings. The molecule has 23 heavy (non-hydrogen) atoms. The standard InChI is InChI=1S/C16H15N3O4/c1-10-9-12(3-8-15(10)19(22)23)16(21)18(11(2)20)14-6-4-13(17)5-7-14/h3-9H,17H2,1-2H3. The SMILES string of the molecule is CC(=O)N(C(=O)c1ccc([N+](=O)[O-])c(C)c1)c1ccc(N)cc1. The Morgan fingerprint density at radius 2 is 1.74 bits per heavy atom. The minimum absolute atomic E-state index is 0.0802. The summed E-state index contributed by atoms with van der Waals surface area (Å²) in [6.45, 7) is 2.81. The van der Waals surface area contributed by atoms with Crippen LogP contribution in [0.5, 0.6) is 0 Å². The van der Waals surface area contributed by atoms with Gasteiger partial charge in [-0.3, -0.25) is 19.7 Å². The summed E-state index contributed by atoms with van der Waals surface area (Å²) >= 11 is 0. The van der Waals surface area contributed by atoms with Crippen molar-refractivity contribution in [3.8, 4) is 0 Å². The van der Waals surface area contributed by atoms with Gasteiger partial charge in [0, 0.05) is 29.8 Å². The average Bonchev–Trinajstić information content (AvgIpc) is 2.48. The minimum Gasteiger partial charge on any atom is -0.399 e. The van der Waals surface area contributed by atoms with Gasteiger partial charge in [0.1, 0.15) is 0 Å². The molecule has 0 spiro atoms. The van der Waals surface area contributed by atoms with E-state index in [4.69, 9.17) is 5.73 Å². The number of anilines is 2. The predicted octanol–water partition coefficient (Wildman–Crippen LogP) is 2.68. The van der Waals surface area contributed by atoms with Gasteiger partial charge in [-0.25, -0.2) is 4.90 Å². The van der Waals surface area contributed by atoms with E-state index in [2.05, 4.69) is 0 Å². The third kappa shape index (κ3) is 3.34. The summed E-state index contributed by atoms with van der Waals surface area (Å²) in [6, 6.07) is 10.3. The fourth-order valence-electron chi connectivity index (χ4n) is 2.19. The predicted molar refractivity (Wildman–Crippen MR) is 86.2 cm³/mol. The van der Waals surface area contributed by atoms with Gasteiger partial charge in [-0.05, 0) is 43.3 Å². The molecule has 0 saturated heterocycles. The van der Waals surface area contributed by atoms with Crippen molar-refractivity contribution >= 4 is 28.9 Å². The average molecular weight is 313 g/mol. The van der Waals surface area contributed by atoms with Crippen LogP contribution in [0.3, 0.4) is 0 Å². The number of aryl methyl sites for hydroxylation is 1. The highest BCUT2D eigenvalue weighted by Gasteiger charge is 2.23. The Hall–Kier alpha value is -3.22. The molecule has 2 rings (SSSR count). The van der Waals surface area contributed by atoms with Crippen molar-refractivity contribution in [3.63, 3.8) is 0 Å². The van der Waals surface area contributed by atoms with Crippen LogP contribution in [0, 0.1) is 17.0 Å². The van der Waals surface area contributed by atoms with Crippen LogP contribution in [0.2, 0.25) is 0 Å². The molecule has 0 bridgehead atoms. The maximum Gasteiger partial charge on any atom is 0.272 e. The number of carbonyl (C=O) groups is 2. The Balaban J connectivity index is 2.43. The third-order valence-corrected chi connectivity index (χ3v) is 3.31. The van der Waals surface area contributed by atoms with Gasteiger partial charge in [-0.2, -0.15) is 0 Å². The fraction of sp³-hybridized carbons (Fsp3) is 0.125. The Kier molecular flexibility index (Phi) is 4.40. The number of hydrogen-bond acceptors (Lipinski definition) is 5. The maximum absolute atomic E-state index is 12.6. The largest absolute Gasteiger partial charge is 0.399 e. The molecule has 0 aromatic heterocycles. The number of nitro groups is 1. The number of nitrogen functional groups attached to an aromatic ring is 1. The molecule has 7 heteroatoms. The van der Waals surface area contributed by atoms with E-state index < -0.39 is 16.7 Å². The molecule has 2 amide bonds. The van der Waals surface area contributed by atoms with E-state index in [9.17, 15) is 19.7 Å². The molecule has 0 aliphatic rings. The summed E-state index contributed by atoms with van der Waals surface area (Å²) in [6.07, 6.45) is 0. The highest BCUT2D eigenvalue weighted by molar-refractivity contribution is 6.20. The van der Waals surface area contributed by atoms with Gasteiger partial charge < -0.3 is 5.73 Å².